The maximum absolute atomic E-state index is 11.6. The molecule has 1 heterocycles. The van der Waals surface area contributed by atoms with Crippen molar-refractivity contribution in [1.82, 2.24) is 4.98 Å². The highest BCUT2D eigenvalue weighted by Crippen LogP contribution is 2.43. The maximum atomic E-state index is 11.6. The Morgan fingerprint density at radius 2 is 1.93 bits per heavy atom. The Morgan fingerprint density at radius 3 is 2.59 bits per heavy atom. The fourth-order valence-corrected chi connectivity index (χ4v) is 4.35. The number of benzene rings is 1. The van der Waals surface area contributed by atoms with E-state index in [9.17, 15) is 4.79 Å². The summed E-state index contributed by atoms with van der Waals surface area (Å²) < 4.78 is 22.1. The largest absolute Gasteiger partial charge is 0.489 e. The summed E-state index contributed by atoms with van der Waals surface area (Å²) in [6.45, 7) is 0.257. The van der Waals surface area contributed by atoms with Crippen molar-refractivity contribution in [3.05, 3.63) is 57.3 Å². The lowest BCUT2D eigenvalue weighted by atomic mass is 9.69. The molecule has 1 aliphatic carbocycles. The molecule has 6 nitrogen and oxygen atoms in total. The van der Waals surface area contributed by atoms with Crippen LogP contribution >= 0.6 is 23.2 Å². The topological polar surface area (TPSA) is 66.9 Å². The molecule has 0 spiro atoms. The number of hydrogen-bond donors (Lipinski definition) is 0. The maximum Gasteiger partial charge on any atom is 0.356 e. The Kier molecular flexibility index (Phi) is 7.01. The lowest BCUT2D eigenvalue weighted by Crippen LogP contribution is -2.49. The highest BCUT2D eigenvalue weighted by molar-refractivity contribution is 6.31. The molecule has 0 amide bonds. The molecule has 156 valence electrons. The van der Waals surface area contributed by atoms with Gasteiger partial charge >= 0.3 is 5.97 Å². The van der Waals surface area contributed by atoms with Gasteiger partial charge in [-0.25, -0.2) is 9.78 Å². The van der Waals surface area contributed by atoms with E-state index in [-0.39, 0.29) is 17.5 Å². The third-order valence-electron chi connectivity index (χ3n) is 5.25. The second-order valence-corrected chi connectivity index (χ2v) is 7.67. The molecule has 1 aromatic heterocycles. The standard InChI is InChI=1S/C21H23Cl2NO5/c1-26-19(25)16-8-9-17(18(23)24-16)29-12-21(20(27-2)28-3)10-4-5-13-11-14(22)6-7-15(13)21/h6-9,11,20H,4-5,10,12H2,1-3H3/t21-/m0/s1. The molecule has 1 atom stereocenters. The van der Waals surface area contributed by atoms with Gasteiger partial charge in [0.2, 0.25) is 0 Å². The van der Waals surface area contributed by atoms with Gasteiger partial charge in [-0.1, -0.05) is 29.3 Å². The summed E-state index contributed by atoms with van der Waals surface area (Å²) in [6, 6.07) is 8.97. The summed E-state index contributed by atoms with van der Waals surface area (Å²) in [7, 11) is 4.51. The van der Waals surface area contributed by atoms with Gasteiger partial charge in [0.15, 0.2) is 17.2 Å². The quantitative estimate of drug-likeness (QED) is 0.360. The summed E-state index contributed by atoms with van der Waals surface area (Å²) in [5.74, 6) is -0.197. The lowest BCUT2D eigenvalue weighted by Gasteiger charge is -2.43. The lowest BCUT2D eigenvalue weighted by molar-refractivity contribution is -0.162. The van der Waals surface area contributed by atoms with E-state index in [0.717, 1.165) is 30.4 Å². The molecule has 1 aliphatic rings. The number of methoxy groups -OCH3 is 3. The molecule has 29 heavy (non-hydrogen) atoms. The van der Waals surface area contributed by atoms with Gasteiger partial charge in [-0.2, -0.15) is 0 Å². The van der Waals surface area contributed by atoms with Crippen LogP contribution in [0.15, 0.2) is 30.3 Å². The summed E-state index contributed by atoms with van der Waals surface area (Å²) in [5, 5.41) is 0.777. The number of rotatable bonds is 7. The number of aromatic nitrogens is 1. The van der Waals surface area contributed by atoms with Crippen molar-refractivity contribution in [1.29, 1.82) is 0 Å². The minimum Gasteiger partial charge on any atom is -0.489 e. The monoisotopic (exact) mass is 439 g/mol. The molecular weight excluding hydrogens is 417 g/mol. The van der Waals surface area contributed by atoms with Crippen LogP contribution in [0.1, 0.15) is 34.5 Å². The first kappa shape index (κ1) is 21.8. The Balaban J connectivity index is 1.94. The van der Waals surface area contributed by atoms with Gasteiger partial charge in [0.25, 0.3) is 0 Å². The molecule has 1 aromatic carbocycles. The van der Waals surface area contributed by atoms with Crippen molar-refractivity contribution in [3.63, 3.8) is 0 Å². The fraction of sp³-hybridized carbons (Fsp3) is 0.429. The van der Waals surface area contributed by atoms with E-state index in [2.05, 4.69) is 9.72 Å². The first-order valence-corrected chi connectivity index (χ1v) is 9.93. The van der Waals surface area contributed by atoms with E-state index >= 15 is 0 Å². The van der Waals surface area contributed by atoms with Crippen LogP contribution in [0.2, 0.25) is 10.2 Å². The molecule has 0 saturated carbocycles. The average Bonchev–Trinajstić information content (AvgIpc) is 2.73. The molecule has 0 N–H and O–H groups in total. The number of ether oxygens (including phenoxy) is 4. The van der Waals surface area contributed by atoms with Crippen molar-refractivity contribution in [2.45, 2.75) is 31.0 Å². The van der Waals surface area contributed by atoms with E-state index in [1.807, 2.05) is 18.2 Å². The zero-order chi connectivity index (χ0) is 21.0. The normalized spacial score (nSPS) is 18.4. The van der Waals surface area contributed by atoms with E-state index in [1.54, 1.807) is 20.3 Å². The molecule has 2 aromatic rings. The summed E-state index contributed by atoms with van der Waals surface area (Å²) in [5.41, 5.74) is 1.80. The SMILES string of the molecule is COC(=O)c1ccc(OC[C@@]2(C(OC)OC)CCCc3cc(Cl)ccc32)c(Cl)n1. The molecule has 0 fully saturated rings. The molecule has 0 bridgehead atoms. The highest BCUT2D eigenvalue weighted by atomic mass is 35.5. The number of esters is 1. The van der Waals surface area contributed by atoms with Crippen molar-refractivity contribution >= 4 is 29.2 Å². The van der Waals surface area contributed by atoms with Crippen LogP contribution in [0.25, 0.3) is 0 Å². The van der Waals surface area contributed by atoms with Gasteiger partial charge < -0.3 is 18.9 Å². The Labute approximate surface area is 180 Å². The van der Waals surface area contributed by atoms with Crippen molar-refractivity contribution in [2.75, 3.05) is 27.9 Å². The summed E-state index contributed by atoms with van der Waals surface area (Å²) >= 11 is 12.4. The third kappa shape index (κ3) is 4.36. The van der Waals surface area contributed by atoms with Gasteiger partial charge in [0.1, 0.15) is 12.3 Å². The molecule has 3 rings (SSSR count). The van der Waals surface area contributed by atoms with Gasteiger partial charge in [0.05, 0.1) is 12.5 Å². The second-order valence-electron chi connectivity index (χ2n) is 6.88. The predicted octanol–water partition coefficient (Wildman–Crippen LogP) is 4.45. The van der Waals surface area contributed by atoms with Gasteiger partial charge in [-0.3, -0.25) is 0 Å². The van der Waals surface area contributed by atoms with Crippen LogP contribution < -0.4 is 4.74 Å². The smallest absolute Gasteiger partial charge is 0.356 e. The number of carbonyl (C=O) groups excluding carboxylic acids is 1. The first-order chi connectivity index (χ1) is 13.9. The number of halogens is 2. The zero-order valence-corrected chi connectivity index (χ0v) is 18.0. The minimum absolute atomic E-state index is 0.0848. The number of carbonyl (C=O) groups is 1. The van der Waals surface area contributed by atoms with E-state index in [1.165, 1.54) is 13.2 Å². The van der Waals surface area contributed by atoms with Crippen LogP contribution in [-0.2, 0) is 26.0 Å². The average molecular weight is 440 g/mol. The van der Waals surface area contributed by atoms with Crippen LogP contribution in [0.3, 0.4) is 0 Å². The van der Waals surface area contributed by atoms with Crippen molar-refractivity contribution in [2.24, 2.45) is 0 Å². The van der Waals surface area contributed by atoms with Gasteiger partial charge in [-0.15, -0.1) is 0 Å². The Morgan fingerprint density at radius 1 is 1.17 bits per heavy atom. The molecule has 0 aliphatic heterocycles. The third-order valence-corrected chi connectivity index (χ3v) is 5.75. The Hall–Kier alpha value is -1.86. The molecule has 8 heteroatoms. The predicted molar refractivity (Wildman–Crippen MR) is 110 cm³/mol. The number of fused-ring (bicyclic) bond motifs is 1. The molecular formula is C21H23Cl2NO5. The zero-order valence-electron chi connectivity index (χ0n) is 16.5. The number of aryl methyl sites for hydroxylation is 1. The van der Waals surface area contributed by atoms with Crippen LogP contribution in [-0.4, -0.2) is 45.2 Å². The van der Waals surface area contributed by atoms with E-state index < -0.39 is 17.7 Å². The fourth-order valence-electron chi connectivity index (χ4n) is 3.95. The molecule has 0 radical (unpaired) electrons. The first-order valence-electron chi connectivity index (χ1n) is 9.17. The number of pyridine rings is 1. The summed E-state index contributed by atoms with van der Waals surface area (Å²) in [4.78, 5) is 15.7. The van der Waals surface area contributed by atoms with Gasteiger partial charge in [-0.05, 0) is 54.7 Å². The van der Waals surface area contributed by atoms with Crippen molar-refractivity contribution in [3.8, 4) is 5.75 Å². The molecule has 0 unspecified atom stereocenters. The van der Waals surface area contributed by atoms with Crippen molar-refractivity contribution < 1.29 is 23.7 Å². The number of nitrogens with zero attached hydrogens (tertiary/aromatic N) is 1. The van der Waals surface area contributed by atoms with Crippen LogP contribution in [0, 0.1) is 0 Å². The molecule has 0 saturated heterocycles. The highest BCUT2D eigenvalue weighted by Gasteiger charge is 2.45. The van der Waals surface area contributed by atoms with Gasteiger partial charge in [0, 0.05) is 19.2 Å². The van der Waals surface area contributed by atoms with E-state index in [0.29, 0.717) is 10.8 Å². The van der Waals surface area contributed by atoms with E-state index in [4.69, 9.17) is 37.4 Å². The second kappa shape index (κ2) is 9.30. The van der Waals surface area contributed by atoms with Crippen LogP contribution in [0.4, 0.5) is 0 Å². The number of hydrogen-bond acceptors (Lipinski definition) is 6. The van der Waals surface area contributed by atoms with Crippen LogP contribution in [0.5, 0.6) is 5.75 Å². The summed E-state index contributed by atoms with van der Waals surface area (Å²) in [6.07, 6.45) is 2.14. The minimum atomic E-state index is -0.563. The Bertz CT molecular complexity index is 887.